The summed E-state index contributed by atoms with van der Waals surface area (Å²) in [6.45, 7) is 0.0546. The molecule has 1 N–H and O–H groups in total. The first-order valence-corrected chi connectivity index (χ1v) is 8.33. The first-order chi connectivity index (χ1) is 13.1. The normalized spacial score (nSPS) is 24.1. The van der Waals surface area contributed by atoms with Crippen LogP contribution in [0.4, 0.5) is 0 Å². The van der Waals surface area contributed by atoms with Crippen molar-refractivity contribution in [2.75, 3.05) is 27.6 Å². The van der Waals surface area contributed by atoms with Crippen molar-refractivity contribution in [1.29, 1.82) is 0 Å². The molecule has 2 unspecified atom stereocenters. The van der Waals surface area contributed by atoms with Gasteiger partial charge in [-0.05, 0) is 18.2 Å². The number of ketones is 1. The lowest BCUT2D eigenvalue weighted by atomic mass is 9.77. The molecule has 0 spiro atoms. The molecule has 2 aromatic carbocycles. The Hall–Kier alpha value is -3.13. The Morgan fingerprint density at radius 2 is 1.85 bits per heavy atom. The first-order valence-electron chi connectivity index (χ1n) is 8.33. The molecule has 2 aromatic rings. The van der Waals surface area contributed by atoms with E-state index >= 15 is 0 Å². The van der Waals surface area contributed by atoms with E-state index < -0.39 is 17.5 Å². The molecule has 0 fully saturated rings. The van der Waals surface area contributed by atoms with Gasteiger partial charge in [-0.3, -0.25) is 4.79 Å². The zero-order valence-corrected chi connectivity index (χ0v) is 14.6. The van der Waals surface area contributed by atoms with E-state index in [1.807, 2.05) is 0 Å². The van der Waals surface area contributed by atoms with Crippen molar-refractivity contribution in [3.8, 4) is 34.5 Å². The molecule has 0 radical (unpaired) electrons. The molecule has 0 bridgehead atoms. The zero-order valence-electron chi connectivity index (χ0n) is 14.6. The molecule has 0 aliphatic carbocycles. The number of methoxy groups -OCH3 is 2. The monoisotopic (exact) mass is 372 g/mol. The van der Waals surface area contributed by atoms with Gasteiger partial charge in [-0.1, -0.05) is 0 Å². The summed E-state index contributed by atoms with van der Waals surface area (Å²) >= 11 is 0. The number of ether oxygens (including phenoxy) is 6. The Labute approximate surface area is 154 Å². The highest BCUT2D eigenvalue weighted by Crippen LogP contribution is 2.52. The summed E-state index contributed by atoms with van der Waals surface area (Å²) in [4.78, 5) is 13.3. The minimum Gasteiger partial charge on any atom is -0.493 e. The summed E-state index contributed by atoms with van der Waals surface area (Å²) < 4.78 is 33.1. The summed E-state index contributed by atoms with van der Waals surface area (Å²) in [7, 11) is 2.95. The van der Waals surface area contributed by atoms with Gasteiger partial charge in [-0.25, -0.2) is 0 Å². The van der Waals surface area contributed by atoms with Gasteiger partial charge in [0.05, 0.1) is 19.8 Å². The molecule has 8 heteroatoms. The smallest absolute Gasteiger partial charge is 0.231 e. The van der Waals surface area contributed by atoms with Gasteiger partial charge in [-0.2, -0.15) is 0 Å². The number of aliphatic hydroxyl groups is 1. The van der Waals surface area contributed by atoms with Crippen LogP contribution in [0.1, 0.15) is 15.9 Å². The van der Waals surface area contributed by atoms with E-state index in [1.54, 1.807) is 24.3 Å². The Kier molecular flexibility index (Phi) is 3.23. The van der Waals surface area contributed by atoms with E-state index in [1.165, 1.54) is 14.2 Å². The van der Waals surface area contributed by atoms with E-state index in [0.717, 1.165) is 0 Å². The number of carbonyl (C=O) groups is 1. The van der Waals surface area contributed by atoms with Crippen molar-refractivity contribution in [2.45, 2.75) is 11.7 Å². The molecular formula is C19H16O8. The minimum atomic E-state index is -1.92. The molecule has 3 heterocycles. The number of fused-ring (bicyclic) bond motifs is 5. The minimum absolute atomic E-state index is 0.0192. The van der Waals surface area contributed by atoms with Crippen LogP contribution in [0.2, 0.25) is 0 Å². The van der Waals surface area contributed by atoms with Crippen LogP contribution >= 0.6 is 0 Å². The maximum Gasteiger partial charge on any atom is 0.231 e. The van der Waals surface area contributed by atoms with Gasteiger partial charge >= 0.3 is 0 Å². The topological polar surface area (TPSA) is 92.7 Å². The van der Waals surface area contributed by atoms with Crippen LogP contribution < -0.4 is 28.4 Å². The van der Waals surface area contributed by atoms with Crippen LogP contribution in [0.5, 0.6) is 34.5 Å². The molecule has 0 amide bonds. The van der Waals surface area contributed by atoms with Crippen LogP contribution in [0.15, 0.2) is 24.3 Å². The van der Waals surface area contributed by atoms with E-state index in [4.69, 9.17) is 28.4 Å². The van der Waals surface area contributed by atoms with Gasteiger partial charge in [-0.15, -0.1) is 0 Å². The summed E-state index contributed by atoms with van der Waals surface area (Å²) in [6, 6.07) is 6.33. The highest BCUT2D eigenvalue weighted by Gasteiger charge is 2.56. The largest absolute Gasteiger partial charge is 0.493 e. The maximum atomic E-state index is 13.3. The van der Waals surface area contributed by atoms with Crippen molar-refractivity contribution in [1.82, 2.24) is 0 Å². The molecule has 5 rings (SSSR count). The fourth-order valence-electron chi connectivity index (χ4n) is 3.73. The predicted molar refractivity (Wildman–Crippen MR) is 90.2 cm³/mol. The van der Waals surface area contributed by atoms with E-state index in [2.05, 4.69) is 0 Å². The Morgan fingerprint density at radius 3 is 2.59 bits per heavy atom. The lowest BCUT2D eigenvalue weighted by molar-refractivity contribution is -0.0806. The Morgan fingerprint density at radius 1 is 1.07 bits per heavy atom. The molecule has 8 nitrogen and oxygen atoms in total. The maximum absolute atomic E-state index is 13.3. The second-order valence-corrected chi connectivity index (χ2v) is 6.39. The van der Waals surface area contributed by atoms with E-state index in [9.17, 15) is 9.90 Å². The highest BCUT2D eigenvalue weighted by molar-refractivity contribution is 6.08. The summed E-state index contributed by atoms with van der Waals surface area (Å²) in [5.74, 6) is 1.75. The van der Waals surface area contributed by atoms with Gasteiger partial charge in [0, 0.05) is 11.6 Å². The molecule has 27 heavy (non-hydrogen) atoms. The number of hydrogen-bond donors (Lipinski definition) is 1. The van der Waals surface area contributed by atoms with Gasteiger partial charge in [0.2, 0.25) is 18.3 Å². The fourth-order valence-corrected chi connectivity index (χ4v) is 3.73. The lowest BCUT2D eigenvalue weighted by Crippen LogP contribution is -2.57. The van der Waals surface area contributed by atoms with Crippen molar-refractivity contribution in [2.24, 2.45) is 0 Å². The summed E-state index contributed by atoms with van der Waals surface area (Å²) in [5.41, 5.74) is -1.42. The zero-order chi connectivity index (χ0) is 18.8. The third-order valence-corrected chi connectivity index (χ3v) is 5.09. The van der Waals surface area contributed by atoms with Gasteiger partial charge in [0.15, 0.2) is 34.7 Å². The predicted octanol–water partition coefficient (Wildman–Crippen LogP) is 1.66. The van der Waals surface area contributed by atoms with Crippen molar-refractivity contribution in [3.63, 3.8) is 0 Å². The lowest BCUT2D eigenvalue weighted by Gasteiger charge is -2.43. The molecule has 0 aromatic heterocycles. The third-order valence-electron chi connectivity index (χ3n) is 5.09. The van der Waals surface area contributed by atoms with Crippen LogP contribution in [-0.2, 0) is 5.60 Å². The standard InChI is InChI=1S/C19H16O8/c1-22-11-4-3-9-16(17(11)23-2)27-15-7-24-12-6-14-13(25-8-26-14)5-10(12)19(15,21)18(9)20/h3-6,15,21H,7-8H2,1-2H3. The summed E-state index contributed by atoms with van der Waals surface area (Å²) in [6.07, 6.45) is -0.952. The van der Waals surface area contributed by atoms with Crippen molar-refractivity contribution >= 4 is 5.78 Å². The second-order valence-electron chi connectivity index (χ2n) is 6.39. The number of carbonyl (C=O) groups excluding carboxylic acids is 1. The Bertz CT molecular complexity index is 969. The quantitative estimate of drug-likeness (QED) is 0.851. The van der Waals surface area contributed by atoms with E-state index in [-0.39, 0.29) is 30.3 Å². The number of rotatable bonds is 2. The summed E-state index contributed by atoms with van der Waals surface area (Å²) in [5, 5.41) is 11.5. The second kappa shape index (κ2) is 5.43. The highest BCUT2D eigenvalue weighted by atomic mass is 16.7. The molecule has 2 atom stereocenters. The Balaban J connectivity index is 1.69. The molecule has 140 valence electrons. The molecular weight excluding hydrogens is 356 g/mol. The van der Waals surface area contributed by atoms with Crippen LogP contribution in [0.25, 0.3) is 0 Å². The SMILES string of the molecule is COc1ccc2c(c1OC)OC1COc3cc4c(cc3C1(O)C2=O)OCO4. The van der Waals surface area contributed by atoms with Gasteiger partial charge in [0.25, 0.3) is 0 Å². The molecule has 0 saturated carbocycles. The van der Waals surface area contributed by atoms with Crippen LogP contribution in [-0.4, -0.2) is 44.6 Å². The number of benzene rings is 2. The van der Waals surface area contributed by atoms with E-state index in [0.29, 0.717) is 28.7 Å². The van der Waals surface area contributed by atoms with Crippen LogP contribution in [0.3, 0.4) is 0 Å². The third kappa shape index (κ3) is 1.98. The average Bonchev–Trinajstić information content (AvgIpc) is 3.14. The number of hydrogen-bond acceptors (Lipinski definition) is 8. The van der Waals surface area contributed by atoms with Gasteiger partial charge in [0.1, 0.15) is 12.4 Å². The molecule has 0 saturated heterocycles. The molecule has 3 aliphatic heterocycles. The molecule has 3 aliphatic rings. The van der Waals surface area contributed by atoms with Crippen molar-refractivity contribution in [3.05, 3.63) is 35.4 Å². The average molecular weight is 372 g/mol. The van der Waals surface area contributed by atoms with Crippen molar-refractivity contribution < 1.29 is 38.3 Å². The number of Topliss-reactive ketones (excluding diaryl/α,β-unsaturated/α-hetero) is 1. The van der Waals surface area contributed by atoms with Gasteiger partial charge < -0.3 is 33.5 Å². The fraction of sp³-hybridized carbons (Fsp3) is 0.316. The first kappa shape index (κ1) is 16.1. The van der Waals surface area contributed by atoms with Crippen LogP contribution in [0, 0.1) is 0 Å².